The summed E-state index contributed by atoms with van der Waals surface area (Å²) in [5, 5.41) is 9.42. The first kappa shape index (κ1) is 34.6. The van der Waals surface area contributed by atoms with Crippen molar-refractivity contribution in [3.8, 4) is 11.5 Å². The average Bonchev–Trinajstić information content (AvgIpc) is 2.71. The molecule has 0 aromatic heterocycles. The lowest BCUT2D eigenvalue weighted by atomic mass is 10.1. The predicted molar refractivity (Wildman–Crippen MR) is 131 cm³/mol. The van der Waals surface area contributed by atoms with Crippen LogP contribution in [0.25, 0.3) is 0 Å². The smallest absolute Gasteiger partial charge is 0.406 e. The number of halogens is 10. The van der Waals surface area contributed by atoms with Crippen LogP contribution in [0.15, 0.2) is 48.5 Å². The van der Waals surface area contributed by atoms with Crippen LogP contribution in [0, 0.1) is 0 Å². The van der Waals surface area contributed by atoms with Crippen molar-refractivity contribution in [2.45, 2.75) is 47.8 Å². The minimum Gasteiger partial charge on any atom is -0.406 e. The summed E-state index contributed by atoms with van der Waals surface area (Å²) in [4.78, 5) is 9.06. The Morgan fingerprint density at radius 2 is 1.25 bits per heavy atom. The second kappa shape index (κ2) is 15.1. The fourth-order valence-corrected chi connectivity index (χ4v) is 2.12. The summed E-state index contributed by atoms with van der Waals surface area (Å²) in [7, 11) is -1.20. The Morgan fingerprint density at radius 1 is 0.833 bits per heavy atom. The van der Waals surface area contributed by atoms with Gasteiger partial charge in [-0.15, -0.1) is 72.7 Å². The highest BCUT2D eigenvalue weighted by atomic mass is 35.5. The largest absolute Gasteiger partial charge is 0.573 e. The van der Waals surface area contributed by atoms with Crippen molar-refractivity contribution in [2.75, 3.05) is 0 Å². The molecule has 1 N–H and O–H groups in total. The molecule has 0 aliphatic heterocycles. The molecule has 2 aromatic rings. The summed E-state index contributed by atoms with van der Waals surface area (Å²) >= 11 is 22.0. The third-order valence-electron chi connectivity index (χ3n) is 3.55. The maximum atomic E-state index is 11.9. The van der Waals surface area contributed by atoms with Crippen molar-refractivity contribution in [1.29, 1.82) is 0 Å². The molecule has 2 rings (SSSR count). The van der Waals surface area contributed by atoms with Gasteiger partial charge in [0.2, 0.25) is 0 Å². The Bertz CT molecular complexity index is 938. The van der Waals surface area contributed by atoms with Gasteiger partial charge >= 0.3 is 12.7 Å². The molecular formula is C21H22Cl4F6O4Si. The van der Waals surface area contributed by atoms with Gasteiger partial charge in [-0.1, -0.05) is 43.9 Å². The van der Waals surface area contributed by atoms with Gasteiger partial charge in [-0.3, -0.25) is 4.79 Å². The molecule has 0 fully saturated rings. The zero-order valence-corrected chi connectivity index (χ0v) is 22.9. The number of alkyl halides is 10. The number of carbonyl (C=O) groups excluding carboxylic acids is 1. The van der Waals surface area contributed by atoms with Crippen LogP contribution in [0.2, 0.25) is 19.6 Å². The van der Waals surface area contributed by atoms with Gasteiger partial charge in [0.15, 0.2) is 0 Å². The molecule has 1 atom stereocenters. The SMILES string of the molecule is C[Si](C)(C)C(Cl)Cl.O=Cc1cccc(OC(F)(F)F)c1.OC(c1cccc(OC(F)(F)F)c1)C(Cl)Cl. The van der Waals surface area contributed by atoms with E-state index in [2.05, 4.69) is 29.1 Å². The molecule has 0 radical (unpaired) electrons. The van der Waals surface area contributed by atoms with Gasteiger partial charge in [0, 0.05) is 5.56 Å². The zero-order valence-electron chi connectivity index (χ0n) is 18.9. The van der Waals surface area contributed by atoms with E-state index in [0.29, 0.717) is 6.29 Å². The Kier molecular flexibility index (Phi) is 14.6. The average molecular weight is 622 g/mol. The van der Waals surface area contributed by atoms with Crippen molar-refractivity contribution in [1.82, 2.24) is 0 Å². The highest BCUT2D eigenvalue weighted by Crippen LogP contribution is 2.29. The van der Waals surface area contributed by atoms with Crippen LogP contribution in [-0.4, -0.2) is 41.5 Å². The van der Waals surface area contributed by atoms with Crippen molar-refractivity contribution in [2.24, 2.45) is 0 Å². The summed E-state index contributed by atoms with van der Waals surface area (Å²) < 4.78 is 77.8. The molecule has 36 heavy (non-hydrogen) atoms. The zero-order chi connectivity index (χ0) is 28.3. The minimum atomic E-state index is -4.77. The van der Waals surface area contributed by atoms with Crippen molar-refractivity contribution < 1.29 is 45.7 Å². The summed E-state index contributed by atoms with van der Waals surface area (Å²) in [5.74, 6) is -0.824. The number of aliphatic hydroxyl groups excluding tert-OH is 1. The van der Waals surface area contributed by atoms with Crippen LogP contribution in [0.3, 0.4) is 0 Å². The highest BCUT2D eigenvalue weighted by Gasteiger charge is 2.32. The first-order valence-electron chi connectivity index (χ1n) is 9.66. The number of rotatable bonds is 6. The standard InChI is InChI=1S/C9H7Cl2F3O2.C8H5F3O2.C4H10Cl2Si/c10-8(11)7(15)5-2-1-3-6(4-5)16-9(12,13)14;9-8(10,11)13-7-3-1-2-6(4-7)5-12;1-7(2,3)4(5)6/h1-4,7-8,15H;1-5H;4H,1-3H3. The number of hydrogen-bond acceptors (Lipinski definition) is 4. The first-order chi connectivity index (χ1) is 16.2. The Morgan fingerprint density at radius 3 is 1.61 bits per heavy atom. The van der Waals surface area contributed by atoms with Gasteiger partial charge in [-0.05, 0) is 29.8 Å². The molecule has 0 saturated carbocycles. The third kappa shape index (κ3) is 16.4. The fourth-order valence-electron chi connectivity index (χ4n) is 1.83. The number of hydrogen-bond donors (Lipinski definition) is 1. The summed E-state index contributed by atoms with van der Waals surface area (Å²) in [6.45, 7) is 6.41. The second-order valence-electron chi connectivity index (χ2n) is 7.80. The Hall–Kier alpha value is -1.37. The number of aliphatic hydroxyl groups is 1. The van der Waals surface area contributed by atoms with E-state index in [1.54, 1.807) is 0 Å². The van der Waals surface area contributed by atoms with Crippen molar-refractivity contribution in [3.05, 3.63) is 59.7 Å². The van der Waals surface area contributed by atoms with Gasteiger partial charge in [-0.2, -0.15) is 0 Å². The Labute approximate surface area is 225 Å². The van der Waals surface area contributed by atoms with E-state index in [0.717, 1.165) is 24.3 Å². The molecule has 204 valence electrons. The molecule has 0 aliphatic carbocycles. The minimum absolute atomic E-state index is 0.118. The Balaban J connectivity index is 0.000000550. The second-order valence-corrected chi connectivity index (χ2v) is 16.1. The molecular weight excluding hydrogens is 600 g/mol. The molecule has 2 aromatic carbocycles. The van der Waals surface area contributed by atoms with E-state index in [1.807, 2.05) is 0 Å². The molecule has 0 heterocycles. The predicted octanol–water partition coefficient (Wildman–Crippen LogP) is 8.49. The summed E-state index contributed by atoms with van der Waals surface area (Å²) in [6.07, 6.45) is -10.3. The maximum Gasteiger partial charge on any atom is 0.573 e. The lowest BCUT2D eigenvalue weighted by molar-refractivity contribution is -0.275. The summed E-state index contributed by atoms with van der Waals surface area (Å²) in [5.41, 5.74) is 0.290. The summed E-state index contributed by atoms with van der Waals surface area (Å²) in [6, 6.07) is 9.67. The van der Waals surface area contributed by atoms with Gasteiger partial charge in [0.25, 0.3) is 0 Å². The topological polar surface area (TPSA) is 55.8 Å². The number of benzene rings is 2. The van der Waals surface area contributed by atoms with Gasteiger partial charge in [0.1, 0.15) is 28.7 Å². The van der Waals surface area contributed by atoms with Gasteiger partial charge in [-0.25, -0.2) is 0 Å². The van der Waals surface area contributed by atoms with E-state index < -0.39 is 43.2 Å². The van der Waals surface area contributed by atoms with Crippen LogP contribution >= 0.6 is 46.4 Å². The van der Waals surface area contributed by atoms with Crippen LogP contribution in [-0.2, 0) is 0 Å². The van der Waals surface area contributed by atoms with E-state index in [9.17, 15) is 36.2 Å². The number of ether oxygens (including phenoxy) is 2. The molecule has 15 heteroatoms. The number of aldehydes is 1. The van der Waals surface area contributed by atoms with E-state index in [4.69, 9.17) is 46.4 Å². The van der Waals surface area contributed by atoms with Crippen molar-refractivity contribution in [3.63, 3.8) is 0 Å². The van der Waals surface area contributed by atoms with E-state index in [-0.39, 0.29) is 15.6 Å². The lowest BCUT2D eigenvalue weighted by Gasteiger charge is -2.15. The molecule has 0 bridgehead atoms. The van der Waals surface area contributed by atoms with Crippen molar-refractivity contribution >= 4 is 60.8 Å². The maximum absolute atomic E-state index is 11.9. The molecule has 1 unspecified atom stereocenters. The molecule has 0 amide bonds. The van der Waals surface area contributed by atoms with E-state index in [1.165, 1.54) is 24.3 Å². The molecule has 0 spiro atoms. The lowest BCUT2D eigenvalue weighted by Crippen LogP contribution is -2.29. The normalized spacial score (nSPS) is 12.7. The fraction of sp³-hybridized carbons (Fsp3) is 0.381. The van der Waals surface area contributed by atoms with Crippen LogP contribution in [0.5, 0.6) is 11.5 Å². The van der Waals surface area contributed by atoms with Crippen LogP contribution in [0.4, 0.5) is 26.3 Å². The quantitative estimate of drug-likeness (QED) is 0.152. The van der Waals surface area contributed by atoms with E-state index >= 15 is 0 Å². The number of carbonyl (C=O) groups is 1. The van der Waals surface area contributed by atoms with Gasteiger partial charge < -0.3 is 14.6 Å². The molecule has 4 nitrogen and oxygen atoms in total. The monoisotopic (exact) mass is 620 g/mol. The van der Waals surface area contributed by atoms with Crippen LogP contribution in [0.1, 0.15) is 22.0 Å². The van der Waals surface area contributed by atoms with Crippen LogP contribution < -0.4 is 9.47 Å². The van der Waals surface area contributed by atoms with Gasteiger partial charge in [0.05, 0.1) is 12.5 Å². The molecule has 0 saturated heterocycles. The highest BCUT2D eigenvalue weighted by molar-refractivity contribution is 6.91. The third-order valence-corrected chi connectivity index (χ3v) is 9.27. The molecule has 0 aliphatic rings. The first-order valence-corrected chi connectivity index (χ1v) is 15.0.